The van der Waals surface area contributed by atoms with E-state index in [1.807, 2.05) is 61.5 Å². The Morgan fingerprint density at radius 2 is 1.73 bits per heavy atom. The van der Waals surface area contributed by atoms with Crippen LogP contribution >= 0.6 is 12.4 Å². The van der Waals surface area contributed by atoms with Crippen LogP contribution in [0.25, 0.3) is 0 Å². The molecule has 0 aliphatic rings. The lowest BCUT2D eigenvalue weighted by Gasteiger charge is -2.20. The molecule has 26 heavy (non-hydrogen) atoms. The lowest BCUT2D eigenvalue weighted by atomic mass is 9.94. The minimum Gasteiger partial charge on any atom is -0.491 e. The predicted octanol–water partition coefficient (Wildman–Crippen LogP) is 3.80. The second-order valence-electron chi connectivity index (χ2n) is 5.91. The summed E-state index contributed by atoms with van der Waals surface area (Å²) in [5.41, 5.74) is 7.83. The topological polar surface area (TPSA) is 73.6 Å². The normalized spacial score (nSPS) is 12.6. The van der Waals surface area contributed by atoms with E-state index in [1.54, 1.807) is 7.11 Å². The SMILES string of the molecule is COCCCOc1ccccc1NC(=O)C(C)C(N)c1ccccc1.Cl. The first-order chi connectivity index (χ1) is 12.1. The zero-order chi connectivity index (χ0) is 18.1. The molecule has 0 radical (unpaired) electrons. The fourth-order valence-corrected chi connectivity index (χ4v) is 2.45. The number of carbonyl (C=O) groups is 1. The van der Waals surface area contributed by atoms with Gasteiger partial charge in [0, 0.05) is 26.2 Å². The lowest BCUT2D eigenvalue weighted by Crippen LogP contribution is -2.30. The summed E-state index contributed by atoms with van der Waals surface area (Å²) >= 11 is 0. The molecular weight excluding hydrogens is 352 g/mol. The quantitative estimate of drug-likeness (QED) is 0.651. The Balaban J connectivity index is 0.00000338. The predicted molar refractivity (Wildman–Crippen MR) is 107 cm³/mol. The molecule has 0 aromatic heterocycles. The standard InChI is InChI=1S/C20H26N2O3.ClH/c1-15(19(21)16-9-4-3-5-10-16)20(23)22-17-11-6-7-12-18(17)25-14-8-13-24-2;/h3-7,9-12,15,19H,8,13-14,21H2,1-2H3,(H,22,23);1H. The molecule has 2 aromatic rings. The summed E-state index contributed by atoms with van der Waals surface area (Å²) in [5, 5.41) is 2.93. The van der Waals surface area contributed by atoms with Crippen LogP contribution in [0.2, 0.25) is 0 Å². The van der Waals surface area contributed by atoms with Crippen LogP contribution < -0.4 is 15.8 Å². The number of ether oxygens (including phenoxy) is 2. The van der Waals surface area contributed by atoms with Crippen LogP contribution in [-0.2, 0) is 9.53 Å². The van der Waals surface area contributed by atoms with Gasteiger partial charge in [-0.25, -0.2) is 0 Å². The monoisotopic (exact) mass is 378 g/mol. The first kappa shape index (κ1) is 22.0. The highest BCUT2D eigenvalue weighted by molar-refractivity contribution is 5.94. The molecule has 5 nitrogen and oxygen atoms in total. The third-order valence-corrected chi connectivity index (χ3v) is 4.03. The summed E-state index contributed by atoms with van der Waals surface area (Å²) in [7, 11) is 1.66. The van der Waals surface area contributed by atoms with E-state index < -0.39 is 0 Å². The summed E-state index contributed by atoms with van der Waals surface area (Å²) < 4.78 is 10.7. The molecule has 0 aliphatic heterocycles. The molecule has 2 unspecified atom stereocenters. The summed E-state index contributed by atoms with van der Waals surface area (Å²) in [6.07, 6.45) is 0.786. The summed E-state index contributed by atoms with van der Waals surface area (Å²) in [6.45, 7) is 2.99. The number of carbonyl (C=O) groups excluding carboxylic acids is 1. The molecular formula is C20H27ClN2O3. The number of amides is 1. The number of nitrogens with two attached hydrogens (primary N) is 1. The van der Waals surface area contributed by atoms with Gasteiger partial charge in [-0.05, 0) is 17.7 Å². The van der Waals surface area contributed by atoms with Gasteiger partial charge in [0.05, 0.1) is 18.2 Å². The Morgan fingerprint density at radius 3 is 2.42 bits per heavy atom. The number of benzene rings is 2. The average molecular weight is 379 g/mol. The zero-order valence-electron chi connectivity index (χ0n) is 15.2. The van der Waals surface area contributed by atoms with Crippen molar-refractivity contribution in [2.75, 3.05) is 25.6 Å². The van der Waals surface area contributed by atoms with Crippen molar-refractivity contribution in [3.05, 3.63) is 60.2 Å². The van der Waals surface area contributed by atoms with Gasteiger partial charge in [-0.1, -0.05) is 49.4 Å². The highest BCUT2D eigenvalue weighted by Crippen LogP contribution is 2.26. The van der Waals surface area contributed by atoms with Crippen molar-refractivity contribution >= 4 is 24.0 Å². The second-order valence-corrected chi connectivity index (χ2v) is 5.91. The zero-order valence-corrected chi connectivity index (χ0v) is 16.0. The first-order valence-corrected chi connectivity index (χ1v) is 8.45. The average Bonchev–Trinajstić information content (AvgIpc) is 2.66. The fourth-order valence-electron chi connectivity index (χ4n) is 2.45. The van der Waals surface area contributed by atoms with Crippen molar-refractivity contribution in [2.45, 2.75) is 19.4 Å². The Bertz CT molecular complexity index is 667. The second kappa shape index (κ2) is 11.5. The number of hydrogen-bond donors (Lipinski definition) is 2. The molecule has 6 heteroatoms. The van der Waals surface area contributed by atoms with E-state index in [4.69, 9.17) is 15.2 Å². The number of halogens is 1. The molecule has 142 valence electrons. The summed E-state index contributed by atoms with van der Waals surface area (Å²) in [6, 6.07) is 16.7. The molecule has 0 aliphatic carbocycles. The van der Waals surface area contributed by atoms with E-state index in [0.29, 0.717) is 24.7 Å². The number of hydrogen-bond acceptors (Lipinski definition) is 4. The summed E-state index contributed by atoms with van der Waals surface area (Å²) in [5.74, 6) is 0.140. The fraction of sp³-hybridized carbons (Fsp3) is 0.350. The Labute approximate surface area is 161 Å². The van der Waals surface area contributed by atoms with Crippen LogP contribution in [0.4, 0.5) is 5.69 Å². The molecule has 1 amide bonds. The van der Waals surface area contributed by atoms with Gasteiger partial charge in [0.25, 0.3) is 0 Å². The Morgan fingerprint density at radius 1 is 1.08 bits per heavy atom. The van der Waals surface area contributed by atoms with Gasteiger partial charge in [-0.2, -0.15) is 0 Å². The summed E-state index contributed by atoms with van der Waals surface area (Å²) in [4.78, 5) is 12.6. The van der Waals surface area contributed by atoms with Crippen LogP contribution in [0.3, 0.4) is 0 Å². The largest absolute Gasteiger partial charge is 0.491 e. The molecule has 0 heterocycles. The molecule has 3 N–H and O–H groups in total. The molecule has 2 aromatic carbocycles. The van der Waals surface area contributed by atoms with Crippen LogP contribution in [-0.4, -0.2) is 26.2 Å². The van der Waals surface area contributed by atoms with Crippen LogP contribution in [0.5, 0.6) is 5.75 Å². The van der Waals surface area contributed by atoms with Crippen LogP contribution in [0.1, 0.15) is 24.9 Å². The van der Waals surface area contributed by atoms with Gasteiger partial charge in [0.1, 0.15) is 5.75 Å². The maximum absolute atomic E-state index is 12.6. The Hall–Kier alpha value is -2.08. The van der Waals surface area contributed by atoms with Gasteiger partial charge in [0.2, 0.25) is 5.91 Å². The lowest BCUT2D eigenvalue weighted by molar-refractivity contribution is -0.120. The highest BCUT2D eigenvalue weighted by Gasteiger charge is 2.22. The molecule has 0 bridgehead atoms. The van der Waals surface area contributed by atoms with Crippen molar-refractivity contribution in [3.8, 4) is 5.75 Å². The molecule has 0 saturated carbocycles. The molecule has 2 atom stereocenters. The number of methoxy groups -OCH3 is 1. The van der Waals surface area contributed by atoms with Gasteiger partial charge in [-0.15, -0.1) is 12.4 Å². The number of anilines is 1. The molecule has 0 fully saturated rings. The molecule has 0 spiro atoms. The van der Waals surface area contributed by atoms with Crippen molar-refractivity contribution in [2.24, 2.45) is 11.7 Å². The maximum atomic E-state index is 12.6. The van der Waals surface area contributed by atoms with Gasteiger partial charge in [0.15, 0.2) is 0 Å². The third kappa shape index (κ3) is 6.33. The Kier molecular flexibility index (Phi) is 9.73. The van der Waals surface area contributed by atoms with E-state index in [-0.39, 0.29) is 30.3 Å². The van der Waals surface area contributed by atoms with E-state index >= 15 is 0 Å². The minimum atomic E-state index is -0.371. The van der Waals surface area contributed by atoms with Crippen molar-refractivity contribution in [1.29, 1.82) is 0 Å². The van der Waals surface area contributed by atoms with E-state index in [1.165, 1.54) is 0 Å². The highest BCUT2D eigenvalue weighted by atomic mass is 35.5. The number of nitrogens with one attached hydrogen (secondary N) is 1. The van der Waals surface area contributed by atoms with E-state index in [2.05, 4.69) is 5.32 Å². The molecule has 0 saturated heterocycles. The van der Waals surface area contributed by atoms with Crippen LogP contribution in [0, 0.1) is 5.92 Å². The van der Waals surface area contributed by atoms with Crippen molar-refractivity contribution in [1.82, 2.24) is 0 Å². The first-order valence-electron chi connectivity index (χ1n) is 8.45. The molecule has 2 rings (SSSR count). The van der Waals surface area contributed by atoms with E-state index in [9.17, 15) is 4.79 Å². The maximum Gasteiger partial charge on any atom is 0.229 e. The van der Waals surface area contributed by atoms with Gasteiger partial charge < -0.3 is 20.5 Å². The van der Waals surface area contributed by atoms with Gasteiger partial charge >= 0.3 is 0 Å². The van der Waals surface area contributed by atoms with Crippen molar-refractivity contribution in [3.63, 3.8) is 0 Å². The number of rotatable bonds is 9. The minimum absolute atomic E-state index is 0. The number of para-hydroxylation sites is 2. The van der Waals surface area contributed by atoms with Crippen LogP contribution in [0.15, 0.2) is 54.6 Å². The smallest absolute Gasteiger partial charge is 0.229 e. The van der Waals surface area contributed by atoms with E-state index in [0.717, 1.165) is 12.0 Å². The van der Waals surface area contributed by atoms with Crippen molar-refractivity contribution < 1.29 is 14.3 Å². The van der Waals surface area contributed by atoms with Gasteiger partial charge in [-0.3, -0.25) is 4.79 Å². The third-order valence-electron chi connectivity index (χ3n) is 4.03.